The lowest BCUT2D eigenvalue weighted by atomic mass is 10.1. The third-order valence-corrected chi connectivity index (χ3v) is 3.48. The molecule has 0 aliphatic carbocycles. The molecule has 4 nitrogen and oxygen atoms in total. The third-order valence-electron chi connectivity index (χ3n) is 2.55. The maximum atomic E-state index is 13.3. The Morgan fingerprint density at radius 2 is 1.89 bits per heavy atom. The van der Waals surface area contributed by atoms with Crippen molar-refractivity contribution in [2.75, 3.05) is 12.4 Å². The van der Waals surface area contributed by atoms with Crippen molar-refractivity contribution in [2.24, 2.45) is 11.1 Å². The second kappa shape index (κ2) is 6.81. The van der Waals surface area contributed by atoms with Crippen LogP contribution in [0.4, 0.5) is 8.78 Å². The number of hydrogen-bond acceptors (Lipinski definition) is 3. The van der Waals surface area contributed by atoms with Crippen LogP contribution in [0.1, 0.15) is 19.8 Å². The Labute approximate surface area is 111 Å². The van der Waals surface area contributed by atoms with Crippen molar-refractivity contribution in [3.63, 3.8) is 0 Å². The van der Waals surface area contributed by atoms with E-state index in [1.807, 2.05) is 6.92 Å². The average molecular weight is 293 g/mol. The molecule has 0 spiro atoms. The van der Waals surface area contributed by atoms with Crippen LogP contribution in [0.3, 0.4) is 0 Å². The molecule has 1 rings (SSSR count). The molecule has 0 amide bonds. The number of benzene rings is 1. The first-order valence-electron chi connectivity index (χ1n) is 5.90. The van der Waals surface area contributed by atoms with E-state index in [0.717, 1.165) is 18.6 Å². The van der Waals surface area contributed by atoms with Crippen LogP contribution in [0, 0.1) is 17.6 Å². The van der Waals surface area contributed by atoms with Crippen molar-refractivity contribution in [1.29, 1.82) is 0 Å². The van der Waals surface area contributed by atoms with Gasteiger partial charge in [0.05, 0.1) is 12.4 Å². The summed E-state index contributed by atoms with van der Waals surface area (Å²) in [6.45, 7) is 1.78. The number of halogens is 2. The number of hydrogen-bond donors (Lipinski definition) is 1. The summed E-state index contributed by atoms with van der Waals surface area (Å²) in [6.07, 6.45) is 1.27. The van der Waals surface area contributed by atoms with Crippen LogP contribution in [0.15, 0.2) is 18.2 Å². The number of sulfonamides is 1. The molecule has 1 unspecified atom stereocenters. The van der Waals surface area contributed by atoms with E-state index in [4.69, 9.17) is 9.88 Å². The van der Waals surface area contributed by atoms with E-state index in [-0.39, 0.29) is 18.3 Å². The predicted octanol–water partition coefficient (Wildman–Crippen LogP) is 2.05. The highest BCUT2D eigenvalue weighted by molar-refractivity contribution is 7.89. The van der Waals surface area contributed by atoms with Crippen LogP contribution in [0.5, 0.6) is 5.75 Å². The van der Waals surface area contributed by atoms with E-state index in [0.29, 0.717) is 6.42 Å². The zero-order valence-electron chi connectivity index (χ0n) is 10.6. The van der Waals surface area contributed by atoms with Crippen LogP contribution in [0.25, 0.3) is 0 Å². The second-order valence-corrected chi connectivity index (χ2v) is 6.01. The highest BCUT2D eigenvalue weighted by Crippen LogP contribution is 2.22. The molecular formula is C12H17F2NO3S. The molecule has 0 bridgehead atoms. The summed E-state index contributed by atoms with van der Waals surface area (Å²) in [7, 11) is -3.64. The van der Waals surface area contributed by atoms with Gasteiger partial charge in [-0.1, -0.05) is 19.4 Å². The third kappa shape index (κ3) is 5.52. The maximum Gasteiger partial charge on any atom is 0.209 e. The van der Waals surface area contributed by atoms with Crippen molar-refractivity contribution < 1.29 is 21.9 Å². The summed E-state index contributed by atoms with van der Waals surface area (Å²) in [4.78, 5) is 0. The van der Waals surface area contributed by atoms with Gasteiger partial charge < -0.3 is 4.74 Å². The van der Waals surface area contributed by atoms with Crippen LogP contribution >= 0.6 is 0 Å². The summed E-state index contributed by atoms with van der Waals surface area (Å²) in [5.41, 5.74) is 0. The molecule has 0 aromatic heterocycles. The Balaban J connectivity index is 2.71. The SMILES string of the molecule is CCCC(COc1c(F)cccc1F)CS(N)(=O)=O. The van der Waals surface area contributed by atoms with Gasteiger partial charge in [-0.05, 0) is 18.6 Å². The molecule has 7 heteroatoms. The lowest BCUT2D eigenvalue weighted by Crippen LogP contribution is -2.27. The van der Waals surface area contributed by atoms with Crippen molar-refractivity contribution in [3.8, 4) is 5.75 Å². The van der Waals surface area contributed by atoms with E-state index in [2.05, 4.69) is 0 Å². The van der Waals surface area contributed by atoms with Crippen molar-refractivity contribution >= 4 is 10.0 Å². The minimum Gasteiger partial charge on any atom is -0.487 e. The highest BCUT2D eigenvalue weighted by Gasteiger charge is 2.18. The zero-order valence-corrected chi connectivity index (χ0v) is 11.4. The van der Waals surface area contributed by atoms with Gasteiger partial charge in [0.15, 0.2) is 17.4 Å². The quantitative estimate of drug-likeness (QED) is 0.836. The van der Waals surface area contributed by atoms with Crippen LogP contribution in [-0.4, -0.2) is 20.8 Å². The predicted molar refractivity (Wildman–Crippen MR) is 68.2 cm³/mol. The smallest absolute Gasteiger partial charge is 0.209 e. The first-order chi connectivity index (χ1) is 8.83. The first kappa shape index (κ1) is 15.8. The van der Waals surface area contributed by atoms with Gasteiger partial charge in [0.25, 0.3) is 0 Å². The Kier molecular flexibility index (Phi) is 5.68. The molecule has 1 aromatic carbocycles. The fraction of sp³-hybridized carbons (Fsp3) is 0.500. The molecule has 0 saturated heterocycles. The second-order valence-electron chi connectivity index (χ2n) is 4.35. The number of nitrogens with two attached hydrogens (primary N) is 1. The van der Waals surface area contributed by atoms with Gasteiger partial charge in [0.2, 0.25) is 10.0 Å². The van der Waals surface area contributed by atoms with Crippen molar-refractivity contribution in [1.82, 2.24) is 0 Å². The van der Waals surface area contributed by atoms with E-state index >= 15 is 0 Å². The molecule has 0 fully saturated rings. The molecular weight excluding hydrogens is 276 g/mol. The van der Waals surface area contributed by atoms with E-state index in [1.165, 1.54) is 6.07 Å². The van der Waals surface area contributed by atoms with E-state index in [1.54, 1.807) is 0 Å². The van der Waals surface area contributed by atoms with Crippen molar-refractivity contribution in [3.05, 3.63) is 29.8 Å². The van der Waals surface area contributed by atoms with Gasteiger partial charge in [0, 0.05) is 5.92 Å². The van der Waals surface area contributed by atoms with Gasteiger partial charge in [-0.3, -0.25) is 0 Å². The minimum atomic E-state index is -3.64. The average Bonchev–Trinajstić information content (AvgIpc) is 2.26. The largest absolute Gasteiger partial charge is 0.487 e. The zero-order chi connectivity index (χ0) is 14.5. The fourth-order valence-corrected chi connectivity index (χ4v) is 2.69. The van der Waals surface area contributed by atoms with Gasteiger partial charge in [-0.25, -0.2) is 22.3 Å². The monoisotopic (exact) mass is 293 g/mol. The molecule has 0 aliphatic heterocycles. The summed E-state index contributed by atoms with van der Waals surface area (Å²) in [5.74, 6) is -2.77. The topological polar surface area (TPSA) is 69.4 Å². The summed E-state index contributed by atoms with van der Waals surface area (Å²) in [5, 5.41) is 4.96. The lowest BCUT2D eigenvalue weighted by Gasteiger charge is -2.16. The van der Waals surface area contributed by atoms with Gasteiger partial charge in [-0.2, -0.15) is 0 Å². The number of para-hydroxylation sites is 1. The Morgan fingerprint density at radius 3 is 2.37 bits per heavy atom. The van der Waals surface area contributed by atoms with E-state index in [9.17, 15) is 17.2 Å². The maximum absolute atomic E-state index is 13.3. The molecule has 0 heterocycles. The van der Waals surface area contributed by atoms with Crippen LogP contribution < -0.4 is 9.88 Å². The number of ether oxygens (including phenoxy) is 1. The number of rotatable bonds is 7. The van der Waals surface area contributed by atoms with Gasteiger partial charge in [-0.15, -0.1) is 0 Å². The molecule has 0 saturated carbocycles. The molecule has 0 aliphatic rings. The Morgan fingerprint density at radius 1 is 1.32 bits per heavy atom. The van der Waals surface area contributed by atoms with E-state index < -0.39 is 27.4 Å². The Hall–Kier alpha value is -1.21. The fourth-order valence-electron chi connectivity index (χ4n) is 1.77. The standard InChI is InChI=1S/C12H17F2NO3S/c1-2-4-9(8-19(15,16)17)7-18-12-10(13)5-3-6-11(12)14/h3,5-6,9H,2,4,7-8H2,1H3,(H2,15,16,17). The summed E-state index contributed by atoms with van der Waals surface area (Å²) >= 11 is 0. The van der Waals surface area contributed by atoms with Gasteiger partial charge >= 0.3 is 0 Å². The summed E-state index contributed by atoms with van der Waals surface area (Å²) < 4.78 is 53.8. The Bertz CT molecular complexity index is 499. The van der Waals surface area contributed by atoms with Gasteiger partial charge in [0.1, 0.15) is 0 Å². The molecule has 0 radical (unpaired) electrons. The first-order valence-corrected chi connectivity index (χ1v) is 7.62. The normalized spacial score (nSPS) is 13.3. The van der Waals surface area contributed by atoms with Crippen LogP contribution in [0.2, 0.25) is 0 Å². The lowest BCUT2D eigenvalue weighted by molar-refractivity contribution is 0.232. The molecule has 19 heavy (non-hydrogen) atoms. The molecule has 1 aromatic rings. The van der Waals surface area contributed by atoms with Crippen LogP contribution in [-0.2, 0) is 10.0 Å². The molecule has 2 N–H and O–H groups in total. The summed E-state index contributed by atoms with van der Waals surface area (Å²) in [6, 6.07) is 3.38. The minimum absolute atomic E-state index is 0.0951. The molecule has 108 valence electrons. The number of primary sulfonamides is 1. The highest BCUT2D eigenvalue weighted by atomic mass is 32.2. The van der Waals surface area contributed by atoms with Crippen molar-refractivity contribution in [2.45, 2.75) is 19.8 Å². The molecule has 1 atom stereocenters.